The van der Waals surface area contributed by atoms with Crippen LogP contribution in [0.4, 0.5) is 4.79 Å². The number of carbonyl (C=O) groups is 6. The van der Waals surface area contributed by atoms with E-state index in [1.54, 1.807) is 4.90 Å². The normalized spacial score (nSPS) is 22.0. The van der Waals surface area contributed by atoms with Gasteiger partial charge in [-0.25, -0.2) is 4.79 Å². The predicted molar refractivity (Wildman–Crippen MR) is 180 cm³/mol. The lowest BCUT2D eigenvalue weighted by atomic mass is 9.84. The molecule has 5 atom stereocenters. The van der Waals surface area contributed by atoms with Crippen molar-refractivity contribution < 1.29 is 28.8 Å². The first-order valence-electron chi connectivity index (χ1n) is 17.2. The zero-order valence-electron chi connectivity index (χ0n) is 29.7. The Morgan fingerprint density at radius 2 is 1.60 bits per heavy atom. The molecule has 2 aliphatic heterocycles. The Bertz CT molecular complexity index is 1200. The fourth-order valence-corrected chi connectivity index (χ4v) is 6.48. The van der Waals surface area contributed by atoms with E-state index in [4.69, 9.17) is 0 Å². The third kappa shape index (κ3) is 10.3. The molecule has 0 aromatic rings. The van der Waals surface area contributed by atoms with E-state index in [1.165, 1.54) is 11.0 Å². The highest BCUT2D eigenvalue weighted by Gasteiger charge is 2.48. The van der Waals surface area contributed by atoms with Crippen LogP contribution in [0.15, 0.2) is 12.7 Å². The summed E-state index contributed by atoms with van der Waals surface area (Å²) in [5.41, 5.74) is -1.07. The zero-order valence-corrected chi connectivity index (χ0v) is 29.7. The fraction of sp³-hybridized carbons (Fsp3) is 0.771. The van der Waals surface area contributed by atoms with E-state index in [1.807, 2.05) is 55.4 Å². The summed E-state index contributed by atoms with van der Waals surface area (Å²) in [6, 6.07) is -3.71. The smallest absolute Gasteiger partial charge is 0.315 e. The minimum atomic E-state index is -0.996. The van der Waals surface area contributed by atoms with E-state index in [9.17, 15) is 28.8 Å². The summed E-state index contributed by atoms with van der Waals surface area (Å²) in [6.07, 6.45) is 5.59. The molecule has 0 radical (unpaired) electrons. The van der Waals surface area contributed by atoms with Crippen molar-refractivity contribution in [3.8, 4) is 0 Å². The molecule has 12 heteroatoms. The SMILES string of the molecule is C=CCNC(=O)C(=O)C(CC1CC1)NC(=O)[C@@H]1[C@@H](C(C)C)CCN1C(=O)[C@@H](NC(=O)N[C@H](CN1CCCC1=O)C(C)(C)C)C(C)(C)C. The molecule has 4 N–H and O–H groups in total. The van der Waals surface area contributed by atoms with Gasteiger partial charge >= 0.3 is 6.03 Å². The number of urea groups is 1. The van der Waals surface area contributed by atoms with Gasteiger partial charge in [0, 0.05) is 32.6 Å². The molecule has 0 aromatic heterocycles. The number of carbonyl (C=O) groups excluding carboxylic acids is 6. The number of hydrogen-bond acceptors (Lipinski definition) is 6. The first-order valence-corrected chi connectivity index (χ1v) is 17.2. The van der Waals surface area contributed by atoms with Crippen LogP contribution in [0.25, 0.3) is 0 Å². The van der Waals surface area contributed by atoms with Gasteiger partial charge in [-0.1, -0.05) is 74.3 Å². The van der Waals surface area contributed by atoms with Crippen LogP contribution >= 0.6 is 0 Å². The highest BCUT2D eigenvalue weighted by atomic mass is 16.2. The van der Waals surface area contributed by atoms with E-state index in [2.05, 4.69) is 27.8 Å². The number of rotatable bonds is 14. The van der Waals surface area contributed by atoms with Crippen LogP contribution in [0.5, 0.6) is 0 Å². The molecular weight excluding hydrogens is 600 g/mol. The molecule has 0 aromatic carbocycles. The molecule has 0 bridgehead atoms. The van der Waals surface area contributed by atoms with Crippen LogP contribution in [-0.2, 0) is 24.0 Å². The van der Waals surface area contributed by atoms with Crippen molar-refractivity contribution in [1.82, 2.24) is 31.1 Å². The van der Waals surface area contributed by atoms with Gasteiger partial charge in [0.15, 0.2) is 0 Å². The quantitative estimate of drug-likeness (QED) is 0.166. The molecule has 2 heterocycles. The summed E-state index contributed by atoms with van der Waals surface area (Å²) in [7, 11) is 0. The van der Waals surface area contributed by atoms with E-state index >= 15 is 0 Å². The lowest BCUT2D eigenvalue weighted by Crippen LogP contribution is -2.62. The number of amides is 6. The van der Waals surface area contributed by atoms with Gasteiger partial charge in [0.2, 0.25) is 23.5 Å². The summed E-state index contributed by atoms with van der Waals surface area (Å²) in [5, 5.41) is 11.3. The highest BCUT2D eigenvalue weighted by Crippen LogP contribution is 2.36. The number of nitrogens with zero attached hydrogens (tertiary/aromatic N) is 2. The largest absolute Gasteiger partial charge is 0.346 e. The van der Waals surface area contributed by atoms with Crippen LogP contribution in [0, 0.1) is 28.6 Å². The average Bonchev–Trinajstić information content (AvgIpc) is 3.52. The standard InChI is InChI=1S/C35H58N6O6/c1-10-16-36-31(45)28(43)24(19-22-13-14-22)37-30(44)27-23(21(2)3)15-18-41(27)32(46)29(35(7,8)9)39-33(47)38-25(34(4,5)6)20-40-17-11-12-26(40)42/h10,21-25,27,29H,1,11-20H2,2-9H3,(H,36,45)(H,37,44)(H2,38,39,47)/t23-,24?,25-,27+,29-/m1/s1. The van der Waals surface area contributed by atoms with Crippen LogP contribution in [-0.4, -0.2) is 95.6 Å². The van der Waals surface area contributed by atoms with Crippen molar-refractivity contribution >= 4 is 35.4 Å². The molecule has 3 fully saturated rings. The number of hydrogen-bond donors (Lipinski definition) is 4. The van der Waals surface area contributed by atoms with Gasteiger partial charge in [-0.3, -0.25) is 24.0 Å². The summed E-state index contributed by atoms with van der Waals surface area (Å²) in [6.45, 7) is 20.6. The lowest BCUT2D eigenvalue weighted by molar-refractivity contribution is -0.144. The van der Waals surface area contributed by atoms with E-state index in [0.717, 1.165) is 19.3 Å². The maximum Gasteiger partial charge on any atom is 0.315 e. The van der Waals surface area contributed by atoms with E-state index in [-0.39, 0.29) is 47.6 Å². The predicted octanol–water partition coefficient (Wildman–Crippen LogP) is 2.77. The highest BCUT2D eigenvalue weighted by molar-refractivity contribution is 6.38. The van der Waals surface area contributed by atoms with Gasteiger partial charge in [-0.05, 0) is 47.8 Å². The molecule has 2 saturated heterocycles. The van der Waals surface area contributed by atoms with E-state index < -0.39 is 47.2 Å². The van der Waals surface area contributed by atoms with Gasteiger partial charge in [0.05, 0.1) is 12.1 Å². The van der Waals surface area contributed by atoms with Crippen LogP contribution < -0.4 is 21.3 Å². The molecule has 264 valence electrons. The van der Waals surface area contributed by atoms with Crippen molar-refractivity contribution in [2.24, 2.45) is 28.6 Å². The maximum atomic E-state index is 14.4. The summed E-state index contributed by atoms with van der Waals surface area (Å²) in [4.78, 5) is 83.2. The topological polar surface area (TPSA) is 157 Å². The molecule has 47 heavy (non-hydrogen) atoms. The van der Waals surface area contributed by atoms with Crippen molar-refractivity contribution in [2.45, 2.75) is 118 Å². The molecule has 1 saturated carbocycles. The molecule has 6 amide bonds. The van der Waals surface area contributed by atoms with Crippen molar-refractivity contribution in [3.63, 3.8) is 0 Å². The van der Waals surface area contributed by atoms with Gasteiger partial charge in [0.1, 0.15) is 12.1 Å². The third-order valence-corrected chi connectivity index (χ3v) is 9.70. The number of Topliss-reactive ketones (excluding diaryl/α,β-unsaturated/α-hetero) is 1. The minimum Gasteiger partial charge on any atom is -0.346 e. The number of ketones is 1. The van der Waals surface area contributed by atoms with Crippen molar-refractivity contribution in [2.75, 3.05) is 26.2 Å². The molecule has 3 aliphatic rings. The molecule has 3 rings (SSSR count). The molecule has 0 spiro atoms. The summed E-state index contributed by atoms with van der Waals surface area (Å²) >= 11 is 0. The van der Waals surface area contributed by atoms with Crippen LogP contribution in [0.2, 0.25) is 0 Å². The number of likely N-dealkylation sites (tertiary alicyclic amines) is 2. The van der Waals surface area contributed by atoms with Gasteiger partial charge in [0.25, 0.3) is 5.91 Å². The Labute approximate surface area is 280 Å². The Hall–Kier alpha value is -3.44. The van der Waals surface area contributed by atoms with Crippen LogP contribution in [0.3, 0.4) is 0 Å². The monoisotopic (exact) mass is 658 g/mol. The molecular formula is C35H58N6O6. The molecule has 12 nitrogen and oxygen atoms in total. The van der Waals surface area contributed by atoms with Crippen molar-refractivity contribution in [3.05, 3.63) is 12.7 Å². The maximum absolute atomic E-state index is 14.4. The average molecular weight is 659 g/mol. The second-order valence-corrected chi connectivity index (χ2v) is 16.1. The fourth-order valence-electron chi connectivity index (χ4n) is 6.48. The third-order valence-electron chi connectivity index (χ3n) is 9.70. The Balaban J connectivity index is 1.81. The molecule has 1 unspecified atom stereocenters. The first-order chi connectivity index (χ1) is 21.8. The second-order valence-electron chi connectivity index (χ2n) is 16.1. The van der Waals surface area contributed by atoms with E-state index in [0.29, 0.717) is 38.9 Å². The van der Waals surface area contributed by atoms with Crippen molar-refractivity contribution in [1.29, 1.82) is 0 Å². The Morgan fingerprint density at radius 1 is 0.936 bits per heavy atom. The van der Waals surface area contributed by atoms with Gasteiger partial charge in [-0.15, -0.1) is 6.58 Å². The molecule has 1 aliphatic carbocycles. The second kappa shape index (κ2) is 15.6. The Morgan fingerprint density at radius 3 is 2.11 bits per heavy atom. The van der Waals surface area contributed by atoms with Gasteiger partial charge in [-0.2, -0.15) is 0 Å². The first kappa shape index (κ1) is 38.0. The summed E-state index contributed by atoms with van der Waals surface area (Å²) in [5.74, 6) is -2.13. The summed E-state index contributed by atoms with van der Waals surface area (Å²) < 4.78 is 0. The number of nitrogens with one attached hydrogen (secondary N) is 4. The van der Waals surface area contributed by atoms with Gasteiger partial charge < -0.3 is 31.1 Å². The zero-order chi connectivity index (χ0) is 35.3. The van der Waals surface area contributed by atoms with Crippen LogP contribution in [0.1, 0.15) is 93.9 Å². The minimum absolute atomic E-state index is 0.0576. The Kier molecular flexibility index (Phi) is 12.6. The lowest BCUT2D eigenvalue weighted by Gasteiger charge is -2.38.